The highest BCUT2D eigenvalue weighted by Crippen LogP contribution is 2.33. The summed E-state index contributed by atoms with van der Waals surface area (Å²) in [5.41, 5.74) is 3.83. The first-order chi connectivity index (χ1) is 16.2. The molecule has 0 saturated heterocycles. The van der Waals surface area contributed by atoms with Crippen molar-refractivity contribution in [3.8, 4) is 11.5 Å². The molecule has 0 amide bonds. The maximum Gasteiger partial charge on any atom is 0.194 e. The number of hydrogen-bond acceptors (Lipinski definition) is 4. The second-order valence-electron chi connectivity index (χ2n) is 8.09. The molecule has 0 bridgehead atoms. The van der Waals surface area contributed by atoms with Gasteiger partial charge in [-0.05, 0) is 42.2 Å². The van der Waals surface area contributed by atoms with E-state index in [1.807, 2.05) is 18.5 Å². The van der Waals surface area contributed by atoms with Crippen molar-refractivity contribution in [2.24, 2.45) is 4.99 Å². The molecule has 0 aliphatic carbocycles. The van der Waals surface area contributed by atoms with Crippen molar-refractivity contribution in [1.29, 1.82) is 0 Å². The number of nitrogens with one attached hydrogen (secondary N) is 1. The standard InChI is InChI=1S/C26H33N5O2/c1-4-27-26(31-14-11-21-16-23(32-2)24(33-3)17-22(21)19-31)29-12-10-25-28-13-15-30(25)18-20-8-6-5-7-9-20/h5-9,13,15-17H,4,10-12,14,18-19H2,1-3H3,(H,27,29). The summed E-state index contributed by atoms with van der Waals surface area (Å²) in [6, 6.07) is 14.7. The van der Waals surface area contributed by atoms with Gasteiger partial charge in [0.1, 0.15) is 5.82 Å². The van der Waals surface area contributed by atoms with Gasteiger partial charge in [-0.25, -0.2) is 4.98 Å². The minimum Gasteiger partial charge on any atom is -0.493 e. The Labute approximate surface area is 196 Å². The molecule has 33 heavy (non-hydrogen) atoms. The minimum absolute atomic E-state index is 0.684. The highest BCUT2D eigenvalue weighted by atomic mass is 16.5. The molecule has 1 aliphatic rings. The number of rotatable bonds is 8. The predicted octanol–water partition coefficient (Wildman–Crippen LogP) is 3.51. The summed E-state index contributed by atoms with van der Waals surface area (Å²) in [6.07, 6.45) is 5.66. The van der Waals surface area contributed by atoms with Crippen molar-refractivity contribution >= 4 is 5.96 Å². The molecule has 0 atom stereocenters. The molecule has 7 heteroatoms. The van der Waals surface area contributed by atoms with Gasteiger partial charge >= 0.3 is 0 Å². The second kappa shape index (κ2) is 10.9. The molecule has 0 fully saturated rings. The predicted molar refractivity (Wildman–Crippen MR) is 131 cm³/mol. The maximum absolute atomic E-state index is 5.51. The molecule has 1 aromatic heterocycles. The van der Waals surface area contributed by atoms with Crippen LogP contribution in [0.3, 0.4) is 0 Å². The van der Waals surface area contributed by atoms with Gasteiger partial charge in [-0.1, -0.05) is 30.3 Å². The Bertz CT molecular complexity index is 1080. The number of benzene rings is 2. The van der Waals surface area contributed by atoms with Crippen molar-refractivity contribution in [2.75, 3.05) is 33.9 Å². The smallest absolute Gasteiger partial charge is 0.194 e. The van der Waals surface area contributed by atoms with E-state index in [1.54, 1.807) is 14.2 Å². The van der Waals surface area contributed by atoms with E-state index >= 15 is 0 Å². The molecule has 0 radical (unpaired) electrons. The van der Waals surface area contributed by atoms with Crippen molar-refractivity contribution in [3.63, 3.8) is 0 Å². The van der Waals surface area contributed by atoms with Gasteiger partial charge in [-0.2, -0.15) is 0 Å². The highest BCUT2D eigenvalue weighted by molar-refractivity contribution is 5.80. The van der Waals surface area contributed by atoms with E-state index in [4.69, 9.17) is 14.5 Å². The third kappa shape index (κ3) is 5.48. The maximum atomic E-state index is 5.51. The zero-order valence-corrected chi connectivity index (χ0v) is 19.8. The summed E-state index contributed by atoms with van der Waals surface area (Å²) in [4.78, 5) is 11.8. The number of guanidine groups is 1. The lowest BCUT2D eigenvalue weighted by molar-refractivity contribution is 0.346. The van der Waals surface area contributed by atoms with Crippen LogP contribution in [0.1, 0.15) is 29.4 Å². The summed E-state index contributed by atoms with van der Waals surface area (Å²) < 4.78 is 13.2. The van der Waals surface area contributed by atoms with Crippen LogP contribution < -0.4 is 14.8 Å². The Morgan fingerprint density at radius 1 is 1.09 bits per heavy atom. The average molecular weight is 448 g/mol. The van der Waals surface area contributed by atoms with Gasteiger partial charge in [0.05, 0.1) is 14.2 Å². The molecule has 0 saturated carbocycles. The fourth-order valence-corrected chi connectivity index (χ4v) is 4.24. The van der Waals surface area contributed by atoms with Crippen LogP contribution in [-0.2, 0) is 25.9 Å². The number of ether oxygens (including phenoxy) is 2. The van der Waals surface area contributed by atoms with Crippen LogP contribution in [0.15, 0.2) is 59.9 Å². The summed E-state index contributed by atoms with van der Waals surface area (Å²) in [7, 11) is 3.36. The van der Waals surface area contributed by atoms with Crippen LogP contribution >= 0.6 is 0 Å². The SMILES string of the molecule is CCNC(=NCCc1nccn1Cc1ccccc1)N1CCc2cc(OC)c(OC)cc2C1. The monoisotopic (exact) mass is 447 g/mol. The summed E-state index contributed by atoms with van der Waals surface area (Å²) in [5.74, 6) is 3.56. The third-order valence-electron chi connectivity index (χ3n) is 5.95. The third-order valence-corrected chi connectivity index (χ3v) is 5.95. The summed E-state index contributed by atoms with van der Waals surface area (Å²) in [5, 5.41) is 3.46. The van der Waals surface area contributed by atoms with Crippen molar-refractivity contribution in [1.82, 2.24) is 19.8 Å². The van der Waals surface area contributed by atoms with E-state index in [0.717, 1.165) is 62.3 Å². The van der Waals surface area contributed by atoms with E-state index < -0.39 is 0 Å². The van der Waals surface area contributed by atoms with E-state index in [2.05, 4.69) is 63.1 Å². The largest absolute Gasteiger partial charge is 0.493 e. The van der Waals surface area contributed by atoms with Crippen molar-refractivity contribution < 1.29 is 9.47 Å². The van der Waals surface area contributed by atoms with Crippen LogP contribution in [0.25, 0.3) is 0 Å². The first kappa shape index (κ1) is 22.7. The fraction of sp³-hybridized carbons (Fsp3) is 0.385. The fourth-order valence-electron chi connectivity index (χ4n) is 4.24. The minimum atomic E-state index is 0.684. The van der Waals surface area contributed by atoms with Gasteiger partial charge < -0.3 is 24.3 Å². The molecule has 4 rings (SSSR count). The number of hydrogen-bond donors (Lipinski definition) is 1. The zero-order valence-electron chi connectivity index (χ0n) is 19.8. The van der Waals surface area contributed by atoms with E-state index in [0.29, 0.717) is 6.54 Å². The van der Waals surface area contributed by atoms with E-state index in [1.165, 1.54) is 16.7 Å². The van der Waals surface area contributed by atoms with Gasteiger partial charge in [0.25, 0.3) is 0 Å². The van der Waals surface area contributed by atoms with Crippen LogP contribution in [0.5, 0.6) is 11.5 Å². The molecule has 1 aliphatic heterocycles. The van der Waals surface area contributed by atoms with E-state index in [-0.39, 0.29) is 0 Å². The molecule has 0 unspecified atom stereocenters. The second-order valence-corrected chi connectivity index (χ2v) is 8.09. The molecule has 174 valence electrons. The average Bonchev–Trinajstić information content (AvgIpc) is 3.29. The molecule has 0 spiro atoms. The number of imidazole rings is 1. The molecule has 7 nitrogen and oxygen atoms in total. The molecular formula is C26H33N5O2. The Kier molecular flexibility index (Phi) is 7.50. The number of fused-ring (bicyclic) bond motifs is 1. The number of aliphatic imine (C=N–C) groups is 1. The first-order valence-corrected chi connectivity index (χ1v) is 11.5. The zero-order chi connectivity index (χ0) is 23.0. The van der Waals surface area contributed by atoms with Gasteiger partial charge in [0.15, 0.2) is 17.5 Å². The van der Waals surface area contributed by atoms with Crippen LogP contribution in [0, 0.1) is 0 Å². The van der Waals surface area contributed by atoms with Crippen LogP contribution in [0.4, 0.5) is 0 Å². The first-order valence-electron chi connectivity index (χ1n) is 11.5. The quantitative estimate of drug-likeness (QED) is 0.423. The van der Waals surface area contributed by atoms with Gasteiger partial charge in [0, 0.05) is 51.5 Å². The molecule has 2 heterocycles. The number of aromatic nitrogens is 2. The molecular weight excluding hydrogens is 414 g/mol. The Balaban J connectivity index is 1.43. The lowest BCUT2D eigenvalue weighted by Gasteiger charge is -2.32. The lowest BCUT2D eigenvalue weighted by atomic mass is 9.99. The van der Waals surface area contributed by atoms with Crippen LogP contribution in [-0.4, -0.2) is 54.3 Å². The van der Waals surface area contributed by atoms with Crippen molar-refractivity contribution in [2.45, 2.75) is 32.9 Å². The topological polar surface area (TPSA) is 63.9 Å². The normalized spacial score (nSPS) is 13.5. The van der Waals surface area contributed by atoms with Gasteiger partial charge in [-0.3, -0.25) is 4.99 Å². The van der Waals surface area contributed by atoms with E-state index in [9.17, 15) is 0 Å². The van der Waals surface area contributed by atoms with Crippen molar-refractivity contribution in [3.05, 3.63) is 77.4 Å². The summed E-state index contributed by atoms with van der Waals surface area (Å²) >= 11 is 0. The molecule has 1 N–H and O–H groups in total. The Morgan fingerprint density at radius 2 is 1.85 bits per heavy atom. The summed E-state index contributed by atoms with van der Waals surface area (Å²) in [6.45, 7) is 6.16. The Morgan fingerprint density at radius 3 is 2.58 bits per heavy atom. The lowest BCUT2D eigenvalue weighted by Crippen LogP contribution is -2.44. The number of nitrogens with zero attached hydrogens (tertiary/aromatic N) is 4. The molecule has 3 aromatic rings. The molecule has 2 aromatic carbocycles. The van der Waals surface area contributed by atoms with Gasteiger partial charge in [0.2, 0.25) is 0 Å². The Hall–Kier alpha value is -3.48. The highest BCUT2D eigenvalue weighted by Gasteiger charge is 2.21. The van der Waals surface area contributed by atoms with Gasteiger partial charge in [-0.15, -0.1) is 0 Å². The van der Waals surface area contributed by atoms with Crippen LogP contribution in [0.2, 0.25) is 0 Å². The number of methoxy groups -OCH3 is 2.